The molecule has 0 fully saturated rings. The summed E-state index contributed by atoms with van der Waals surface area (Å²) in [7, 11) is -2.80. The van der Waals surface area contributed by atoms with Crippen LogP contribution in [-0.2, 0) is 0 Å². The maximum absolute atomic E-state index is 6.94. The summed E-state index contributed by atoms with van der Waals surface area (Å²) in [5.74, 6) is 3.75. The van der Waals surface area contributed by atoms with Gasteiger partial charge < -0.3 is 0 Å². The Hall–Kier alpha value is -0.227. The van der Waals surface area contributed by atoms with Gasteiger partial charge >= 0.3 is 249 Å². The number of hydrogen-bond acceptors (Lipinski definition) is 2. The normalized spacial score (nSPS) is 14.4. The molecule has 0 aliphatic heterocycles. The van der Waals surface area contributed by atoms with Crippen LogP contribution >= 0.6 is 0 Å². The molecule has 2 aromatic heterocycles. The molecule has 0 bridgehead atoms. The Morgan fingerprint density at radius 1 is 0.632 bits per heavy atom. The molecule has 2 heterocycles. The summed E-state index contributed by atoms with van der Waals surface area (Å²) in [5.41, 5.74) is 0. The Kier molecular flexibility index (Phi) is 12.0. The van der Waals surface area contributed by atoms with Crippen LogP contribution in [0.5, 0.6) is 11.5 Å². The van der Waals surface area contributed by atoms with E-state index in [2.05, 4.69) is 79.1 Å². The Bertz CT molecular complexity index is 1020. The zero-order chi connectivity index (χ0) is 28.1. The van der Waals surface area contributed by atoms with Gasteiger partial charge in [-0.25, -0.2) is 0 Å². The molecule has 0 N–H and O–H groups in total. The van der Waals surface area contributed by atoms with Crippen LogP contribution in [0, 0.1) is 11.8 Å². The summed E-state index contributed by atoms with van der Waals surface area (Å²) in [4.78, 5) is 0. The second-order valence-electron chi connectivity index (χ2n) is 13.3. The predicted molar refractivity (Wildman–Crippen MR) is 179 cm³/mol. The van der Waals surface area contributed by atoms with Gasteiger partial charge in [-0.1, -0.05) is 0 Å². The molecule has 214 valence electrons. The number of rotatable bonds is 16. The van der Waals surface area contributed by atoms with E-state index in [0.29, 0.717) is 40.8 Å². The van der Waals surface area contributed by atoms with Crippen molar-refractivity contribution in [1.82, 2.24) is 0 Å². The van der Waals surface area contributed by atoms with Crippen LogP contribution in [-0.4, -0.2) is 58.4 Å². The van der Waals surface area contributed by atoms with Crippen molar-refractivity contribution in [2.45, 2.75) is 118 Å². The zero-order valence-electron chi connectivity index (χ0n) is 26.0. The molecule has 38 heavy (non-hydrogen) atoms. The van der Waals surface area contributed by atoms with Crippen LogP contribution in [0.4, 0.5) is 0 Å². The van der Waals surface area contributed by atoms with E-state index in [0.717, 1.165) is 13.2 Å². The number of unbranched alkanes of at least 4 members (excludes halogenated alkanes) is 2. The van der Waals surface area contributed by atoms with Gasteiger partial charge in [0.2, 0.25) is 0 Å². The topological polar surface area (TPSA) is 18.5 Å². The molecule has 0 aliphatic rings. The van der Waals surface area contributed by atoms with E-state index in [1.54, 1.807) is 8.12 Å². The van der Waals surface area contributed by atoms with Gasteiger partial charge in [0.25, 0.3) is 0 Å². The van der Waals surface area contributed by atoms with E-state index in [1.165, 1.54) is 82.2 Å². The Labute approximate surface area is 247 Å². The first-order valence-electron chi connectivity index (χ1n) is 15.2. The molecule has 6 heteroatoms. The second-order valence-corrected chi connectivity index (χ2v) is 29.4. The van der Waals surface area contributed by atoms with Crippen molar-refractivity contribution in [2.75, 3.05) is 13.2 Å². The standard InChI is InChI=1S/C32H54O2Se2Si2/c1-11-15-17-23(13-3)21-33-29-25-19-27(37(5,6)7)36-32(25)30(34-22-24(14-4)18-16-12-2)26-20-28(35-31(26)29)38(8,9)10/h19-20,23-24H,11-18,21-22H2,1-10H3. The molecule has 3 rings (SSSR count). The van der Waals surface area contributed by atoms with Crippen molar-refractivity contribution < 1.29 is 9.47 Å². The average Bonchev–Trinajstić information content (AvgIpc) is 3.50. The quantitative estimate of drug-likeness (QED) is 0.141. The molecule has 0 saturated heterocycles. The average molecular weight is 685 g/mol. The molecule has 1 aromatic carbocycles. The maximum atomic E-state index is 6.94. The van der Waals surface area contributed by atoms with Crippen molar-refractivity contribution in [3.63, 3.8) is 0 Å². The minimum atomic E-state index is -1.40. The van der Waals surface area contributed by atoms with Gasteiger partial charge in [0.05, 0.1) is 0 Å². The number of fused-ring (bicyclic) bond motifs is 2. The van der Waals surface area contributed by atoms with Crippen molar-refractivity contribution in [1.29, 1.82) is 0 Å². The molecule has 3 aromatic rings. The first-order chi connectivity index (χ1) is 17.9. The van der Waals surface area contributed by atoms with E-state index < -0.39 is 16.1 Å². The summed E-state index contributed by atoms with van der Waals surface area (Å²) in [6.45, 7) is 26.0. The molecule has 2 atom stereocenters. The summed E-state index contributed by atoms with van der Waals surface area (Å²) in [6, 6.07) is 5.13. The zero-order valence-corrected chi connectivity index (χ0v) is 31.4. The van der Waals surface area contributed by atoms with Crippen LogP contribution in [0.15, 0.2) is 12.1 Å². The van der Waals surface area contributed by atoms with Crippen molar-refractivity contribution >= 4 is 72.6 Å². The van der Waals surface area contributed by atoms with E-state index in [-0.39, 0.29) is 0 Å². The molecule has 0 saturated carbocycles. The molecule has 0 amide bonds. The molecule has 2 nitrogen and oxygen atoms in total. The Morgan fingerprint density at radius 3 is 1.29 bits per heavy atom. The van der Waals surface area contributed by atoms with Crippen LogP contribution in [0.25, 0.3) is 19.3 Å². The van der Waals surface area contributed by atoms with Crippen LogP contribution in [0.1, 0.15) is 79.1 Å². The third kappa shape index (κ3) is 7.95. The minimum absolute atomic E-state index is 0.336. The van der Waals surface area contributed by atoms with Gasteiger partial charge in [-0.3, -0.25) is 0 Å². The van der Waals surface area contributed by atoms with E-state index >= 15 is 0 Å². The van der Waals surface area contributed by atoms with Crippen molar-refractivity contribution in [3.8, 4) is 11.5 Å². The van der Waals surface area contributed by atoms with Gasteiger partial charge in [-0.15, -0.1) is 0 Å². The summed E-state index contributed by atoms with van der Waals surface area (Å²) in [5, 5.41) is 2.80. The molecule has 0 radical (unpaired) electrons. The van der Waals surface area contributed by atoms with Gasteiger partial charge in [0.1, 0.15) is 0 Å². The van der Waals surface area contributed by atoms with Crippen LogP contribution in [0.3, 0.4) is 0 Å². The first-order valence-corrected chi connectivity index (χ1v) is 25.7. The molecule has 2 unspecified atom stereocenters. The van der Waals surface area contributed by atoms with Gasteiger partial charge in [-0.2, -0.15) is 0 Å². The SMILES string of the molecule is CCCCC(CC)COc1c2cc([Si](C)(C)C)[se]c2c(OCC(CC)CCCC)c2cc([Si](C)(C)C)[se]c12. The molecular weight excluding hydrogens is 630 g/mol. The number of benzene rings is 1. The van der Waals surface area contributed by atoms with Gasteiger partial charge in [-0.05, 0) is 0 Å². The van der Waals surface area contributed by atoms with E-state index in [9.17, 15) is 0 Å². The number of hydrogen-bond donors (Lipinski definition) is 0. The summed E-state index contributed by atoms with van der Waals surface area (Å²) in [6.07, 6.45) is 10.1. The van der Waals surface area contributed by atoms with E-state index in [1.807, 2.05) is 0 Å². The summed E-state index contributed by atoms with van der Waals surface area (Å²) >= 11 is 0.672. The fourth-order valence-electron chi connectivity index (χ4n) is 4.93. The Morgan fingerprint density at radius 2 is 1.00 bits per heavy atom. The fraction of sp³-hybridized carbons (Fsp3) is 0.688. The van der Waals surface area contributed by atoms with E-state index in [4.69, 9.17) is 9.47 Å². The third-order valence-corrected chi connectivity index (χ3v) is 23.8. The molecular formula is C32H54O2Se2Si2. The van der Waals surface area contributed by atoms with Crippen molar-refractivity contribution in [2.24, 2.45) is 11.8 Å². The van der Waals surface area contributed by atoms with Gasteiger partial charge in [0.15, 0.2) is 0 Å². The monoisotopic (exact) mass is 686 g/mol. The van der Waals surface area contributed by atoms with Crippen LogP contribution in [0.2, 0.25) is 39.3 Å². The van der Waals surface area contributed by atoms with Crippen LogP contribution < -0.4 is 17.6 Å². The number of ether oxygens (including phenoxy) is 2. The first kappa shape index (κ1) is 32.3. The van der Waals surface area contributed by atoms with Gasteiger partial charge in [0, 0.05) is 0 Å². The fourth-order valence-corrected chi connectivity index (χ4v) is 15.5. The molecule has 0 aliphatic carbocycles. The third-order valence-electron chi connectivity index (χ3n) is 7.86. The Balaban J connectivity index is 2.18. The van der Waals surface area contributed by atoms with Crippen molar-refractivity contribution in [3.05, 3.63) is 12.1 Å². The summed E-state index contributed by atoms with van der Waals surface area (Å²) < 4.78 is 20.3. The second kappa shape index (κ2) is 14.1. The predicted octanol–water partition coefficient (Wildman–Crippen LogP) is 8.39. The molecule has 0 spiro atoms.